The fraction of sp³-hybridized carbons (Fsp3) is 0.500. The minimum absolute atomic E-state index is 0.0318. The van der Waals surface area contributed by atoms with Crippen LogP contribution in [0, 0.1) is 0 Å². The lowest BCUT2D eigenvalue weighted by Gasteiger charge is -2.40. The van der Waals surface area contributed by atoms with Gasteiger partial charge in [-0.05, 0) is 0 Å². The van der Waals surface area contributed by atoms with Crippen molar-refractivity contribution >= 4 is 22.2 Å². The van der Waals surface area contributed by atoms with Gasteiger partial charge in [-0.1, -0.05) is 11.3 Å². The molecule has 164 valence electrons. The molecule has 14 heteroatoms. The molecule has 30 heavy (non-hydrogen) atoms. The molecule has 1 saturated heterocycles. The zero-order chi connectivity index (χ0) is 22.3. The molecular weight excluding hydrogens is 440 g/mol. The second-order valence-electron chi connectivity index (χ2n) is 6.46. The second-order valence-corrected chi connectivity index (χ2v) is 7.44. The number of thiazole rings is 1. The third kappa shape index (κ3) is 4.48. The summed E-state index contributed by atoms with van der Waals surface area (Å²) in [6, 6.07) is -0.649. The highest BCUT2D eigenvalue weighted by Gasteiger charge is 2.39. The number of halogens is 6. The first-order chi connectivity index (χ1) is 13.9. The number of aliphatic hydroxyl groups is 1. The van der Waals surface area contributed by atoms with Crippen LogP contribution in [-0.4, -0.2) is 63.1 Å². The third-order valence-corrected chi connectivity index (χ3v) is 5.58. The van der Waals surface area contributed by atoms with E-state index in [0.717, 1.165) is 12.4 Å². The van der Waals surface area contributed by atoms with Crippen LogP contribution in [0.25, 0.3) is 11.3 Å². The van der Waals surface area contributed by atoms with Crippen LogP contribution in [0.4, 0.5) is 31.3 Å². The summed E-state index contributed by atoms with van der Waals surface area (Å²) in [5.74, 6) is -1.71. The van der Waals surface area contributed by atoms with E-state index in [9.17, 15) is 36.2 Å². The van der Waals surface area contributed by atoms with Gasteiger partial charge in [0.1, 0.15) is 10.7 Å². The smallest absolute Gasteiger partial charge is 0.394 e. The maximum absolute atomic E-state index is 13.3. The molecule has 0 unspecified atom stereocenters. The van der Waals surface area contributed by atoms with Crippen molar-refractivity contribution in [1.29, 1.82) is 0 Å². The maximum atomic E-state index is 13.3. The maximum Gasteiger partial charge on any atom is 0.451 e. The van der Waals surface area contributed by atoms with Crippen LogP contribution in [0.2, 0.25) is 0 Å². The Kier molecular flexibility index (Phi) is 5.91. The highest BCUT2D eigenvalue weighted by atomic mass is 32.1. The van der Waals surface area contributed by atoms with E-state index in [4.69, 9.17) is 0 Å². The molecular formula is C16H15F6N5O2S. The van der Waals surface area contributed by atoms with Gasteiger partial charge in [-0.25, -0.2) is 15.0 Å². The normalized spacial score (nSPS) is 18.1. The first-order valence-corrected chi connectivity index (χ1v) is 9.34. The van der Waals surface area contributed by atoms with E-state index < -0.39 is 35.8 Å². The Bertz CT molecular complexity index is 914. The third-order valence-electron chi connectivity index (χ3n) is 4.42. The minimum atomic E-state index is -4.79. The summed E-state index contributed by atoms with van der Waals surface area (Å²) < 4.78 is 77.8. The first-order valence-electron chi connectivity index (χ1n) is 8.52. The van der Waals surface area contributed by atoms with E-state index in [1.165, 1.54) is 16.7 Å². The molecule has 1 aliphatic rings. The van der Waals surface area contributed by atoms with E-state index in [-0.39, 0.29) is 41.8 Å². The molecule has 3 heterocycles. The SMILES string of the molecule is CC(=O)N1CCN(c2sc(C(F)(F)F)nc2-c2cnc(C(F)(F)F)nc2)C[C@@H]1CO. The van der Waals surface area contributed by atoms with Crippen molar-refractivity contribution in [2.45, 2.75) is 25.3 Å². The highest BCUT2D eigenvalue weighted by Crippen LogP contribution is 2.43. The predicted octanol–water partition coefficient (Wildman–Crippen LogP) is 2.67. The van der Waals surface area contributed by atoms with Crippen molar-refractivity contribution < 1.29 is 36.2 Å². The number of carbonyl (C=O) groups excluding carboxylic acids is 1. The Balaban J connectivity index is 2.00. The Morgan fingerprint density at radius 3 is 2.30 bits per heavy atom. The number of aromatic nitrogens is 3. The molecule has 0 aromatic carbocycles. The fourth-order valence-electron chi connectivity index (χ4n) is 3.04. The van der Waals surface area contributed by atoms with Crippen molar-refractivity contribution in [3.63, 3.8) is 0 Å². The molecule has 1 amide bonds. The molecule has 1 atom stereocenters. The number of alkyl halides is 6. The van der Waals surface area contributed by atoms with Crippen LogP contribution in [-0.2, 0) is 17.1 Å². The van der Waals surface area contributed by atoms with Gasteiger partial charge < -0.3 is 14.9 Å². The molecule has 2 aromatic rings. The van der Waals surface area contributed by atoms with E-state index in [2.05, 4.69) is 15.0 Å². The van der Waals surface area contributed by atoms with E-state index in [1.54, 1.807) is 0 Å². The number of anilines is 1. The molecule has 1 fully saturated rings. The molecule has 3 rings (SSSR count). The lowest BCUT2D eigenvalue weighted by molar-refractivity contribution is -0.145. The summed E-state index contributed by atoms with van der Waals surface area (Å²) >= 11 is 0.327. The molecule has 0 radical (unpaired) electrons. The van der Waals surface area contributed by atoms with Crippen molar-refractivity contribution in [3.05, 3.63) is 23.2 Å². The summed E-state index contributed by atoms with van der Waals surface area (Å²) in [6.07, 6.45) is -8.02. The molecule has 2 aromatic heterocycles. The van der Waals surface area contributed by atoms with Crippen LogP contribution >= 0.6 is 11.3 Å². The largest absolute Gasteiger partial charge is 0.451 e. The van der Waals surface area contributed by atoms with Crippen molar-refractivity contribution in [3.8, 4) is 11.3 Å². The average Bonchev–Trinajstić information content (AvgIpc) is 3.12. The van der Waals surface area contributed by atoms with E-state index in [0.29, 0.717) is 11.3 Å². The van der Waals surface area contributed by atoms with Crippen LogP contribution in [0.3, 0.4) is 0 Å². The van der Waals surface area contributed by atoms with Crippen LogP contribution < -0.4 is 4.90 Å². The Labute approximate surface area is 170 Å². The monoisotopic (exact) mass is 455 g/mol. The fourth-order valence-corrected chi connectivity index (χ4v) is 4.03. The number of hydrogen-bond acceptors (Lipinski definition) is 7. The lowest BCUT2D eigenvalue weighted by Crippen LogP contribution is -2.56. The van der Waals surface area contributed by atoms with Crippen molar-refractivity contribution in [1.82, 2.24) is 19.9 Å². The number of nitrogens with zero attached hydrogens (tertiary/aromatic N) is 5. The molecule has 0 saturated carbocycles. The average molecular weight is 455 g/mol. The van der Waals surface area contributed by atoms with Gasteiger partial charge in [0.05, 0.1) is 12.6 Å². The van der Waals surface area contributed by atoms with Gasteiger partial charge in [0.2, 0.25) is 16.7 Å². The summed E-state index contributed by atoms with van der Waals surface area (Å²) in [4.78, 5) is 24.5. The van der Waals surface area contributed by atoms with Gasteiger partial charge in [-0.15, -0.1) is 0 Å². The molecule has 0 spiro atoms. The summed E-state index contributed by atoms with van der Waals surface area (Å²) in [7, 11) is 0. The standard InChI is InChI=1S/C16H15F6N5O2S/c1-8(29)27-3-2-26(6-10(27)7-28)12-11(25-14(30-12)16(20,21)22)9-4-23-13(24-5-9)15(17,18)19/h4-5,10,28H,2-3,6-7H2,1H3/t10-/m1/s1. The molecule has 7 nitrogen and oxygen atoms in total. The van der Waals surface area contributed by atoms with Crippen LogP contribution in [0.15, 0.2) is 12.4 Å². The van der Waals surface area contributed by atoms with Crippen LogP contribution in [0.5, 0.6) is 0 Å². The van der Waals surface area contributed by atoms with Gasteiger partial charge in [0.25, 0.3) is 0 Å². The van der Waals surface area contributed by atoms with Gasteiger partial charge in [0, 0.05) is 44.5 Å². The number of carbonyl (C=O) groups is 1. The Morgan fingerprint density at radius 1 is 1.17 bits per heavy atom. The van der Waals surface area contributed by atoms with Crippen LogP contribution in [0.1, 0.15) is 17.8 Å². The zero-order valence-electron chi connectivity index (χ0n) is 15.3. The minimum Gasteiger partial charge on any atom is -0.394 e. The molecule has 1 N–H and O–H groups in total. The zero-order valence-corrected chi connectivity index (χ0v) is 16.1. The predicted molar refractivity (Wildman–Crippen MR) is 93.6 cm³/mol. The van der Waals surface area contributed by atoms with E-state index in [1.807, 2.05) is 0 Å². The lowest BCUT2D eigenvalue weighted by atomic mass is 10.1. The number of piperazine rings is 1. The molecule has 1 aliphatic heterocycles. The van der Waals surface area contributed by atoms with Gasteiger partial charge in [0.15, 0.2) is 0 Å². The molecule has 0 bridgehead atoms. The Hall–Kier alpha value is -2.48. The van der Waals surface area contributed by atoms with Crippen molar-refractivity contribution in [2.24, 2.45) is 0 Å². The molecule has 0 aliphatic carbocycles. The second kappa shape index (κ2) is 7.98. The Morgan fingerprint density at radius 2 is 1.80 bits per heavy atom. The van der Waals surface area contributed by atoms with E-state index >= 15 is 0 Å². The summed E-state index contributed by atoms with van der Waals surface area (Å²) in [5, 5.41) is 8.43. The van der Waals surface area contributed by atoms with Crippen molar-refractivity contribution in [2.75, 3.05) is 31.1 Å². The first kappa shape index (κ1) is 22.2. The number of amides is 1. The summed E-state index contributed by atoms with van der Waals surface area (Å²) in [6.45, 7) is 1.26. The quantitative estimate of drug-likeness (QED) is 0.717. The number of hydrogen-bond donors (Lipinski definition) is 1. The van der Waals surface area contributed by atoms with Gasteiger partial charge in [-0.2, -0.15) is 26.3 Å². The van der Waals surface area contributed by atoms with Gasteiger partial charge in [-0.3, -0.25) is 4.79 Å². The topological polar surface area (TPSA) is 82.5 Å². The van der Waals surface area contributed by atoms with Gasteiger partial charge >= 0.3 is 12.4 Å². The number of rotatable bonds is 3. The number of aliphatic hydroxyl groups excluding tert-OH is 1. The summed E-state index contributed by atoms with van der Waals surface area (Å²) in [5.41, 5.74) is -0.326. The highest BCUT2D eigenvalue weighted by molar-refractivity contribution is 7.16.